The molecule has 0 aromatic heterocycles. The molecule has 6 heteroatoms. The van der Waals surface area contributed by atoms with Crippen LogP contribution in [0.2, 0.25) is 0 Å². The predicted octanol–water partition coefficient (Wildman–Crippen LogP) is 2.59. The van der Waals surface area contributed by atoms with Crippen molar-refractivity contribution in [3.05, 3.63) is 71.7 Å². The molecule has 0 saturated carbocycles. The van der Waals surface area contributed by atoms with Gasteiger partial charge in [-0.15, -0.1) is 0 Å². The molecule has 2 rings (SSSR count). The van der Waals surface area contributed by atoms with Crippen LogP contribution in [0.25, 0.3) is 0 Å². The highest BCUT2D eigenvalue weighted by Crippen LogP contribution is 2.11. The van der Waals surface area contributed by atoms with Gasteiger partial charge in [-0.25, -0.2) is 4.39 Å². The Morgan fingerprint density at radius 1 is 1.25 bits per heavy atom. The van der Waals surface area contributed by atoms with Crippen molar-refractivity contribution in [3.63, 3.8) is 0 Å². The van der Waals surface area contributed by atoms with Crippen molar-refractivity contribution < 1.29 is 9.18 Å². The number of carbonyl (C=O) groups is 1. The second kappa shape index (κ2) is 8.34. The Kier molecular flexibility index (Phi) is 5.92. The highest BCUT2D eigenvalue weighted by molar-refractivity contribution is 6.06. The number of hydrogen-bond acceptors (Lipinski definition) is 4. The maximum atomic E-state index is 13.1. The first kappa shape index (κ1) is 17.0. The quantitative estimate of drug-likeness (QED) is 0.330. The molecular weight excluding hydrogens is 307 g/mol. The number of nitrogens with two attached hydrogens (primary N) is 1. The number of anilines is 2. The third kappa shape index (κ3) is 5.14. The minimum atomic E-state index is -0.513. The Balaban J connectivity index is 1.87. The molecule has 0 aliphatic rings. The molecular formula is C18H17FN4O. The summed E-state index contributed by atoms with van der Waals surface area (Å²) < 4.78 is 13.1. The van der Waals surface area contributed by atoms with E-state index in [2.05, 4.69) is 10.6 Å². The van der Waals surface area contributed by atoms with E-state index in [9.17, 15) is 9.18 Å². The first-order chi connectivity index (χ1) is 11.6. The summed E-state index contributed by atoms with van der Waals surface area (Å²) in [5.41, 5.74) is 7.49. The lowest BCUT2D eigenvalue weighted by Gasteiger charge is -2.06. The summed E-state index contributed by atoms with van der Waals surface area (Å²) in [5.74, 6) is -0.802. The molecule has 0 fully saturated rings. The van der Waals surface area contributed by atoms with Gasteiger partial charge in [-0.2, -0.15) is 5.26 Å². The number of carbonyl (C=O) groups excluding carboxylic acids is 1. The zero-order valence-corrected chi connectivity index (χ0v) is 12.9. The Labute approximate surface area is 139 Å². The first-order valence-corrected chi connectivity index (χ1v) is 7.33. The van der Waals surface area contributed by atoms with Crippen molar-refractivity contribution >= 4 is 17.3 Å². The van der Waals surface area contributed by atoms with Gasteiger partial charge in [0.25, 0.3) is 5.91 Å². The number of nitrogens with zero attached hydrogens (tertiary/aromatic N) is 1. The van der Waals surface area contributed by atoms with Gasteiger partial charge in [0, 0.05) is 24.1 Å². The van der Waals surface area contributed by atoms with E-state index >= 15 is 0 Å². The number of nitriles is 1. The zero-order chi connectivity index (χ0) is 17.4. The molecule has 0 atom stereocenters. The van der Waals surface area contributed by atoms with Crippen molar-refractivity contribution in [2.75, 3.05) is 17.6 Å². The van der Waals surface area contributed by atoms with Crippen LogP contribution in [-0.4, -0.2) is 12.5 Å². The van der Waals surface area contributed by atoms with Crippen molar-refractivity contribution in [1.29, 1.82) is 5.26 Å². The van der Waals surface area contributed by atoms with Gasteiger partial charge in [-0.3, -0.25) is 4.79 Å². The zero-order valence-electron chi connectivity index (χ0n) is 12.9. The molecule has 0 saturated heterocycles. The summed E-state index contributed by atoms with van der Waals surface area (Å²) in [5, 5.41) is 14.6. The molecule has 1 amide bonds. The highest BCUT2D eigenvalue weighted by atomic mass is 19.1. The highest BCUT2D eigenvalue weighted by Gasteiger charge is 2.08. The minimum absolute atomic E-state index is 0.0499. The Bertz CT molecular complexity index is 778. The fourth-order valence-electron chi connectivity index (χ4n) is 2.00. The van der Waals surface area contributed by atoms with Crippen LogP contribution in [-0.2, 0) is 11.2 Å². The second-order valence-corrected chi connectivity index (χ2v) is 5.08. The molecule has 0 radical (unpaired) electrons. The van der Waals surface area contributed by atoms with Gasteiger partial charge in [0.15, 0.2) is 0 Å². The fraction of sp³-hybridized carbons (Fsp3) is 0.111. The molecule has 2 aromatic carbocycles. The van der Waals surface area contributed by atoms with Gasteiger partial charge >= 0.3 is 0 Å². The summed E-state index contributed by atoms with van der Waals surface area (Å²) in [4.78, 5) is 12.0. The third-order valence-corrected chi connectivity index (χ3v) is 3.23. The number of rotatable bonds is 6. The number of hydrogen-bond donors (Lipinski definition) is 3. The van der Waals surface area contributed by atoms with Gasteiger partial charge < -0.3 is 16.4 Å². The number of nitrogens with one attached hydrogen (secondary N) is 2. The molecule has 0 heterocycles. The minimum Gasteiger partial charge on any atom is -0.399 e. The van der Waals surface area contributed by atoms with Crippen molar-refractivity contribution in [3.8, 4) is 6.07 Å². The monoisotopic (exact) mass is 324 g/mol. The average Bonchev–Trinajstić information content (AvgIpc) is 2.57. The van der Waals surface area contributed by atoms with E-state index in [4.69, 9.17) is 11.0 Å². The smallest absolute Gasteiger partial charge is 0.267 e. The van der Waals surface area contributed by atoms with Crippen LogP contribution in [0.15, 0.2) is 60.3 Å². The van der Waals surface area contributed by atoms with Gasteiger partial charge in [-0.05, 0) is 48.4 Å². The lowest BCUT2D eigenvalue weighted by atomic mass is 10.1. The predicted molar refractivity (Wildman–Crippen MR) is 91.3 cm³/mol. The topological polar surface area (TPSA) is 90.9 Å². The summed E-state index contributed by atoms with van der Waals surface area (Å²) in [6, 6.07) is 14.7. The summed E-state index contributed by atoms with van der Waals surface area (Å²) in [7, 11) is 0. The Morgan fingerprint density at radius 3 is 2.67 bits per heavy atom. The molecule has 2 aromatic rings. The van der Waals surface area contributed by atoms with Gasteiger partial charge in [0.1, 0.15) is 17.5 Å². The normalized spacial score (nSPS) is 10.8. The van der Waals surface area contributed by atoms with Gasteiger partial charge in [0.2, 0.25) is 0 Å². The number of nitrogen functional groups attached to an aromatic ring is 1. The van der Waals surface area contributed by atoms with Crippen LogP contribution in [0.3, 0.4) is 0 Å². The van der Waals surface area contributed by atoms with Crippen molar-refractivity contribution in [1.82, 2.24) is 5.32 Å². The Morgan fingerprint density at radius 2 is 2.00 bits per heavy atom. The molecule has 122 valence electrons. The van der Waals surface area contributed by atoms with E-state index in [0.717, 1.165) is 5.56 Å². The standard InChI is InChI=1S/C18H17FN4O/c19-15-3-1-2-13(10-15)8-9-22-12-14(11-20)18(24)23-17-6-4-16(21)5-7-17/h1-7,10,12,22H,8-9,21H2,(H,23,24)/b14-12-. The van der Waals surface area contributed by atoms with E-state index in [1.165, 1.54) is 18.3 Å². The number of halogens is 1. The van der Waals surface area contributed by atoms with Crippen LogP contribution in [0, 0.1) is 17.1 Å². The molecule has 4 N–H and O–H groups in total. The van der Waals surface area contributed by atoms with E-state index in [-0.39, 0.29) is 11.4 Å². The van der Waals surface area contributed by atoms with Crippen LogP contribution in [0.5, 0.6) is 0 Å². The summed E-state index contributed by atoms with van der Waals surface area (Å²) >= 11 is 0. The molecule has 0 unspecified atom stereocenters. The Hall–Kier alpha value is -3.33. The second-order valence-electron chi connectivity index (χ2n) is 5.08. The lowest BCUT2D eigenvalue weighted by molar-refractivity contribution is -0.112. The molecule has 0 bridgehead atoms. The SMILES string of the molecule is N#C/C(=C/NCCc1cccc(F)c1)C(=O)Nc1ccc(N)cc1. The lowest BCUT2D eigenvalue weighted by Crippen LogP contribution is -2.18. The van der Waals surface area contributed by atoms with Crippen molar-refractivity contribution in [2.45, 2.75) is 6.42 Å². The largest absolute Gasteiger partial charge is 0.399 e. The van der Waals surface area contributed by atoms with Crippen LogP contribution in [0.4, 0.5) is 15.8 Å². The maximum absolute atomic E-state index is 13.1. The maximum Gasteiger partial charge on any atom is 0.267 e. The van der Waals surface area contributed by atoms with E-state index in [0.29, 0.717) is 24.3 Å². The molecule has 5 nitrogen and oxygen atoms in total. The van der Waals surface area contributed by atoms with Crippen LogP contribution in [0.1, 0.15) is 5.56 Å². The summed E-state index contributed by atoms with van der Waals surface area (Å²) in [6.07, 6.45) is 1.93. The van der Waals surface area contributed by atoms with E-state index < -0.39 is 5.91 Å². The van der Waals surface area contributed by atoms with E-state index in [1.807, 2.05) is 12.1 Å². The summed E-state index contributed by atoms with van der Waals surface area (Å²) in [6.45, 7) is 0.476. The fourth-order valence-corrected chi connectivity index (χ4v) is 2.00. The molecule has 24 heavy (non-hydrogen) atoms. The average molecular weight is 324 g/mol. The van der Waals surface area contributed by atoms with Crippen LogP contribution < -0.4 is 16.4 Å². The van der Waals surface area contributed by atoms with Crippen molar-refractivity contribution in [2.24, 2.45) is 0 Å². The molecule has 0 aliphatic carbocycles. The number of amides is 1. The van der Waals surface area contributed by atoms with E-state index in [1.54, 1.807) is 30.3 Å². The first-order valence-electron chi connectivity index (χ1n) is 7.33. The van der Waals surface area contributed by atoms with Gasteiger partial charge in [-0.1, -0.05) is 12.1 Å². The van der Waals surface area contributed by atoms with Crippen LogP contribution >= 0.6 is 0 Å². The molecule has 0 aliphatic heterocycles. The third-order valence-electron chi connectivity index (χ3n) is 3.23. The number of benzene rings is 2. The van der Waals surface area contributed by atoms with Gasteiger partial charge in [0.05, 0.1) is 0 Å². The molecule has 0 spiro atoms.